The first-order valence-electron chi connectivity index (χ1n) is 3.27. The quantitative estimate of drug-likeness (QED) is 0.724. The van der Waals surface area contributed by atoms with E-state index in [4.69, 9.17) is 22.6 Å². The highest BCUT2D eigenvalue weighted by molar-refractivity contribution is 6.31. The molecule has 0 saturated heterocycles. The number of nitriles is 1. The summed E-state index contributed by atoms with van der Waals surface area (Å²) in [7, 11) is 0. The molecular weight excluding hydrogens is 179 g/mol. The predicted octanol–water partition coefficient (Wildman–Crippen LogP) is 1.81. The summed E-state index contributed by atoms with van der Waals surface area (Å²) in [6.07, 6.45) is 0. The lowest BCUT2D eigenvalue weighted by Crippen LogP contribution is -2.01. The van der Waals surface area contributed by atoms with Gasteiger partial charge >= 0.3 is 0 Å². The number of benzene rings is 1. The highest BCUT2D eigenvalue weighted by Crippen LogP contribution is 2.20. The van der Waals surface area contributed by atoms with Gasteiger partial charge in [-0.3, -0.25) is 0 Å². The van der Waals surface area contributed by atoms with Gasteiger partial charge in [0.1, 0.15) is 17.4 Å². The Morgan fingerprint density at radius 1 is 1.58 bits per heavy atom. The van der Waals surface area contributed by atoms with Crippen molar-refractivity contribution in [1.82, 2.24) is 0 Å². The zero-order valence-corrected chi connectivity index (χ0v) is 6.90. The van der Waals surface area contributed by atoms with Crippen LogP contribution >= 0.6 is 11.6 Å². The number of rotatable bonds is 1. The molecule has 62 valence electrons. The van der Waals surface area contributed by atoms with Gasteiger partial charge < -0.3 is 5.73 Å². The van der Waals surface area contributed by atoms with Gasteiger partial charge in [0.25, 0.3) is 0 Å². The van der Waals surface area contributed by atoms with Crippen LogP contribution in [-0.4, -0.2) is 0 Å². The lowest BCUT2D eigenvalue weighted by molar-refractivity contribution is 0.607. The molecule has 0 saturated carbocycles. The molecule has 1 rings (SSSR count). The van der Waals surface area contributed by atoms with Crippen LogP contribution in [0.5, 0.6) is 0 Å². The van der Waals surface area contributed by atoms with E-state index in [9.17, 15) is 4.39 Å². The molecular formula is C8H6ClFN2. The Kier molecular flexibility index (Phi) is 2.64. The van der Waals surface area contributed by atoms with Gasteiger partial charge in [-0.25, -0.2) is 4.39 Å². The van der Waals surface area contributed by atoms with Crippen LogP contribution in [0.4, 0.5) is 4.39 Å². The van der Waals surface area contributed by atoms with Crippen molar-refractivity contribution in [3.63, 3.8) is 0 Å². The van der Waals surface area contributed by atoms with Crippen molar-refractivity contribution in [2.75, 3.05) is 0 Å². The van der Waals surface area contributed by atoms with E-state index >= 15 is 0 Å². The van der Waals surface area contributed by atoms with Gasteiger partial charge in [-0.15, -0.1) is 0 Å². The molecule has 0 atom stereocenters. The standard InChI is InChI=1S/C8H6ClFN2/c9-7-2-1-5(3-11)8(10)6(7)4-12/h1-2H,3,11H2. The second kappa shape index (κ2) is 3.53. The molecule has 0 fully saturated rings. The van der Waals surface area contributed by atoms with E-state index in [1.54, 1.807) is 6.07 Å². The number of hydrogen-bond donors (Lipinski definition) is 1. The molecule has 2 nitrogen and oxygen atoms in total. The van der Waals surface area contributed by atoms with Gasteiger partial charge in [0, 0.05) is 12.1 Å². The van der Waals surface area contributed by atoms with E-state index in [0.717, 1.165) is 0 Å². The molecule has 0 spiro atoms. The highest BCUT2D eigenvalue weighted by atomic mass is 35.5. The van der Waals surface area contributed by atoms with Gasteiger partial charge in [-0.05, 0) is 6.07 Å². The third kappa shape index (κ3) is 1.40. The van der Waals surface area contributed by atoms with Crippen LogP contribution in [0.1, 0.15) is 11.1 Å². The van der Waals surface area contributed by atoms with Gasteiger partial charge in [-0.2, -0.15) is 5.26 Å². The molecule has 0 aliphatic heterocycles. The molecule has 0 aromatic heterocycles. The Bertz CT molecular complexity index is 344. The maximum Gasteiger partial charge on any atom is 0.146 e. The Balaban J connectivity index is 3.36. The lowest BCUT2D eigenvalue weighted by Gasteiger charge is -2.01. The maximum absolute atomic E-state index is 13.1. The SMILES string of the molecule is N#Cc1c(Cl)ccc(CN)c1F. The van der Waals surface area contributed by atoms with Crippen molar-refractivity contribution in [2.45, 2.75) is 6.54 Å². The minimum Gasteiger partial charge on any atom is -0.326 e. The summed E-state index contributed by atoms with van der Waals surface area (Å²) in [5, 5.41) is 8.62. The van der Waals surface area contributed by atoms with Gasteiger partial charge in [0.15, 0.2) is 0 Å². The van der Waals surface area contributed by atoms with E-state index < -0.39 is 5.82 Å². The van der Waals surface area contributed by atoms with Crippen molar-refractivity contribution >= 4 is 11.6 Å². The molecule has 2 N–H and O–H groups in total. The van der Waals surface area contributed by atoms with Crippen LogP contribution in [0.2, 0.25) is 5.02 Å². The molecule has 0 aliphatic rings. The van der Waals surface area contributed by atoms with Gasteiger partial charge in [0.05, 0.1) is 5.02 Å². The van der Waals surface area contributed by atoms with E-state index in [2.05, 4.69) is 0 Å². The summed E-state index contributed by atoms with van der Waals surface area (Å²) in [5.41, 5.74) is 5.39. The highest BCUT2D eigenvalue weighted by Gasteiger charge is 2.09. The third-order valence-electron chi connectivity index (χ3n) is 1.50. The first kappa shape index (κ1) is 8.98. The van der Waals surface area contributed by atoms with Crippen molar-refractivity contribution in [3.8, 4) is 6.07 Å². The molecule has 1 aromatic carbocycles. The summed E-state index contributed by atoms with van der Waals surface area (Å²) in [6.45, 7) is 0.0671. The van der Waals surface area contributed by atoms with Gasteiger partial charge in [0.2, 0.25) is 0 Å². The minimum absolute atomic E-state index is 0.0671. The fourth-order valence-electron chi connectivity index (χ4n) is 0.856. The summed E-state index contributed by atoms with van der Waals surface area (Å²) in [6, 6.07) is 4.61. The second-order valence-electron chi connectivity index (χ2n) is 2.21. The van der Waals surface area contributed by atoms with E-state index in [0.29, 0.717) is 5.56 Å². The molecule has 4 heteroatoms. The minimum atomic E-state index is -0.618. The topological polar surface area (TPSA) is 49.8 Å². The van der Waals surface area contributed by atoms with Crippen molar-refractivity contribution in [2.24, 2.45) is 5.73 Å². The predicted molar refractivity (Wildman–Crippen MR) is 44.0 cm³/mol. The van der Waals surface area contributed by atoms with E-state index in [-0.39, 0.29) is 17.1 Å². The molecule has 0 unspecified atom stereocenters. The molecule has 1 aromatic rings. The Labute approximate surface area is 74.4 Å². The average molecular weight is 185 g/mol. The second-order valence-corrected chi connectivity index (χ2v) is 2.62. The number of hydrogen-bond acceptors (Lipinski definition) is 2. The first-order valence-corrected chi connectivity index (χ1v) is 3.65. The van der Waals surface area contributed by atoms with E-state index in [1.807, 2.05) is 0 Å². The zero-order valence-electron chi connectivity index (χ0n) is 6.14. The Morgan fingerprint density at radius 2 is 2.25 bits per heavy atom. The summed E-state index contributed by atoms with van der Waals surface area (Å²) < 4.78 is 13.1. The number of nitrogens with two attached hydrogens (primary N) is 1. The smallest absolute Gasteiger partial charge is 0.146 e. The Morgan fingerprint density at radius 3 is 2.75 bits per heavy atom. The maximum atomic E-state index is 13.1. The van der Waals surface area contributed by atoms with Crippen LogP contribution in [0.25, 0.3) is 0 Å². The monoisotopic (exact) mass is 184 g/mol. The molecule has 0 bridgehead atoms. The average Bonchev–Trinajstić information content (AvgIpc) is 2.06. The largest absolute Gasteiger partial charge is 0.326 e. The van der Waals surface area contributed by atoms with Gasteiger partial charge in [-0.1, -0.05) is 17.7 Å². The van der Waals surface area contributed by atoms with Crippen LogP contribution in [-0.2, 0) is 6.54 Å². The number of nitrogens with zero attached hydrogens (tertiary/aromatic N) is 1. The third-order valence-corrected chi connectivity index (χ3v) is 1.82. The number of halogens is 2. The fraction of sp³-hybridized carbons (Fsp3) is 0.125. The molecule has 0 aliphatic carbocycles. The lowest BCUT2D eigenvalue weighted by atomic mass is 10.1. The molecule has 0 amide bonds. The normalized spacial score (nSPS) is 9.50. The van der Waals surface area contributed by atoms with Crippen molar-refractivity contribution < 1.29 is 4.39 Å². The van der Waals surface area contributed by atoms with Crippen LogP contribution in [0.15, 0.2) is 12.1 Å². The fourth-order valence-corrected chi connectivity index (χ4v) is 1.04. The molecule has 0 heterocycles. The Hall–Kier alpha value is -1.11. The zero-order chi connectivity index (χ0) is 9.14. The molecule has 12 heavy (non-hydrogen) atoms. The van der Waals surface area contributed by atoms with Crippen LogP contribution in [0, 0.1) is 17.1 Å². The molecule has 0 radical (unpaired) electrons. The van der Waals surface area contributed by atoms with Crippen LogP contribution in [0.3, 0.4) is 0 Å². The summed E-state index contributed by atoms with van der Waals surface area (Å²) in [5.74, 6) is -0.618. The van der Waals surface area contributed by atoms with Crippen molar-refractivity contribution in [1.29, 1.82) is 5.26 Å². The van der Waals surface area contributed by atoms with Crippen LogP contribution < -0.4 is 5.73 Å². The summed E-state index contributed by atoms with van der Waals surface area (Å²) >= 11 is 5.56. The van der Waals surface area contributed by atoms with Crippen molar-refractivity contribution in [3.05, 3.63) is 34.1 Å². The first-order chi connectivity index (χ1) is 5.70. The summed E-state index contributed by atoms with van der Waals surface area (Å²) in [4.78, 5) is 0. The van der Waals surface area contributed by atoms with E-state index in [1.165, 1.54) is 12.1 Å².